The number of halogens is 3. The molecule has 2 aliphatic rings. The van der Waals surface area contributed by atoms with Crippen molar-refractivity contribution in [3.63, 3.8) is 0 Å². The summed E-state index contributed by atoms with van der Waals surface area (Å²) in [6, 6.07) is 19.2. The largest absolute Gasteiger partial charge is 0.586 e. The van der Waals surface area contributed by atoms with Gasteiger partial charge in [-0.05, 0) is 82.8 Å². The van der Waals surface area contributed by atoms with Crippen LogP contribution in [0.2, 0.25) is 0 Å². The molecule has 4 aromatic carbocycles. The number of hydrogen-bond acceptors (Lipinski definition) is 9. The summed E-state index contributed by atoms with van der Waals surface area (Å²) in [5.41, 5.74) is 1.76. The number of rotatable bonds is 10. The first-order valence-corrected chi connectivity index (χ1v) is 21.5. The number of alkyl halides is 2. The zero-order valence-corrected chi connectivity index (χ0v) is 38.0. The number of para-hydroxylation sites is 1. The molecule has 1 aliphatic heterocycles. The van der Waals surface area contributed by atoms with Crippen molar-refractivity contribution in [1.82, 2.24) is 9.55 Å². The number of carbonyl (C=O) groups is 2. The molecule has 8 rings (SSSR count). The SMILES string of the molecule is CC(C)(C)c1cc(C(C)(C)C)c(NC(=O)c2c[nH]c3ccccc3c2=O)cc1O.CC(C)(CO)c1cc2cc(NC(=O)C3(c4ccc5c(c4)OC(F)(F)O5)CC3)c(F)cc2n1C[C@@H](O)CO. The number of aromatic amines is 1. The molecule has 350 valence electrons. The minimum absolute atomic E-state index is 0.0177. The zero-order valence-electron chi connectivity index (χ0n) is 38.0. The Bertz CT molecular complexity index is 2920. The van der Waals surface area contributed by atoms with Crippen LogP contribution in [-0.2, 0) is 33.0 Å². The predicted molar refractivity (Wildman–Crippen MR) is 245 cm³/mol. The summed E-state index contributed by atoms with van der Waals surface area (Å²) in [5.74, 6) is -1.88. The third-order valence-electron chi connectivity index (χ3n) is 12.1. The van der Waals surface area contributed by atoms with Crippen LogP contribution >= 0.6 is 0 Å². The van der Waals surface area contributed by atoms with Crippen molar-refractivity contribution in [2.75, 3.05) is 23.8 Å². The Morgan fingerprint density at radius 3 is 2.15 bits per heavy atom. The van der Waals surface area contributed by atoms with E-state index < -0.39 is 47.5 Å². The van der Waals surface area contributed by atoms with E-state index in [2.05, 4.69) is 25.1 Å². The standard InChI is InChI=1S/C26H27F3N2O6.C24H28N2O3/c1-24(2,13-33)22-8-14-7-18(17(27)10-19(14)31(22)11-16(34)12-32)30-23(35)25(5-6-25)15-3-4-20-21(9-15)37-26(28,29)36-20;1-23(2,3)16-11-17(24(4,5)6)20(27)12-19(16)26-22(29)15-13-25-18-10-8-7-9-14(18)21(15)28/h3-4,7-10,16,32-34H,5-6,11-13H2,1-2H3,(H,30,35);7-13,27H,1-6H3,(H,25,28)(H,26,29)/t16-;/m1./s1. The molecule has 1 aliphatic carbocycles. The number of nitrogens with one attached hydrogen (secondary N) is 3. The summed E-state index contributed by atoms with van der Waals surface area (Å²) in [4.78, 5) is 42.0. The Kier molecular flexibility index (Phi) is 12.4. The number of H-pyrrole nitrogens is 1. The summed E-state index contributed by atoms with van der Waals surface area (Å²) in [7, 11) is 0. The number of nitrogens with zero attached hydrogens (tertiary/aromatic N) is 1. The number of pyridine rings is 1. The molecular formula is C50H55F3N4O9. The number of amides is 2. The van der Waals surface area contributed by atoms with E-state index in [-0.39, 0.29) is 57.9 Å². The lowest BCUT2D eigenvalue weighted by Gasteiger charge is -2.28. The predicted octanol–water partition coefficient (Wildman–Crippen LogP) is 8.48. The Morgan fingerprint density at radius 2 is 1.52 bits per heavy atom. The van der Waals surface area contributed by atoms with Gasteiger partial charge in [0.15, 0.2) is 11.5 Å². The molecule has 66 heavy (non-hydrogen) atoms. The van der Waals surface area contributed by atoms with Gasteiger partial charge in [-0.1, -0.05) is 73.6 Å². The third-order valence-corrected chi connectivity index (χ3v) is 12.1. The molecule has 0 saturated heterocycles. The van der Waals surface area contributed by atoms with Gasteiger partial charge in [0.1, 0.15) is 17.1 Å². The number of fused-ring (bicyclic) bond motifs is 3. The molecule has 6 aromatic rings. The van der Waals surface area contributed by atoms with Crippen LogP contribution in [0.4, 0.5) is 24.5 Å². The first-order valence-electron chi connectivity index (χ1n) is 21.5. The first kappa shape index (κ1) is 47.6. The molecule has 7 N–H and O–H groups in total. The van der Waals surface area contributed by atoms with E-state index in [1.165, 1.54) is 36.5 Å². The maximum atomic E-state index is 15.2. The number of phenols is 1. The van der Waals surface area contributed by atoms with Crippen LogP contribution in [0.15, 0.2) is 83.8 Å². The number of anilines is 2. The number of aromatic nitrogens is 2. The van der Waals surface area contributed by atoms with Crippen LogP contribution in [-0.4, -0.2) is 67.4 Å². The zero-order chi connectivity index (χ0) is 48.3. The van der Waals surface area contributed by atoms with Gasteiger partial charge >= 0.3 is 6.29 Å². The van der Waals surface area contributed by atoms with Crippen molar-refractivity contribution >= 4 is 45.0 Å². The monoisotopic (exact) mass is 912 g/mol. The van der Waals surface area contributed by atoms with Crippen molar-refractivity contribution in [3.05, 3.63) is 123 Å². The second-order valence-electron chi connectivity index (χ2n) is 19.7. The van der Waals surface area contributed by atoms with E-state index in [4.69, 9.17) is 0 Å². The minimum atomic E-state index is -3.77. The summed E-state index contributed by atoms with van der Waals surface area (Å²) >= 11 is 0. The van der Waals surface area contributed by atoms with E-state index in [1.54, 1.807) is 48.7 Å². The molecule has 0 spiro atoms. The maximum absolute atomic E-state index is 15.2. The minimum Gasteiger partial charge on any atom is -0.508 e. The van der Waals surface area contributed by atoms with E-state index >= 15 is 4.39 Å². The summed E-state index contributed by atoms with van der Waals surface area (Å²) in [6.45, 7) is 15.1. The molecule has 0 bridgehead atoms. The highest BCUT2D eigenvalue weighted by Crippen LogP contribution is 2.52. The molecule has 2 aromatic heterocycles. The van der Waals surface area contributed by atoms with Crippen molar-refractivity contribution in [1.29, 1.82) is 0 Å². The molecule has 2 amide bonds. The van der Waals surface area contributed by atoms with Gasteiger partial charge in [-0.2, -0.15) is 0 Å². The van der Waals surface area contributed by atoms with Gasteiger partial charge < -0.3 is 50.1 Å². The fourth-order valence-electron chi connectivity index (χ4n) is 8.19. The number of carbonyl (C=O) groups excluding carboxylic acids is 2. The Labute approximate surface area is 379 Å². The molecule has 1 atom stereocenters. The number of benzene rings is 4. The Morgan fingerprint density at radius 1 is 0.848 bits per heavy atom. The van der Waals surface area contributed by atoms with Gasteiger partial charge in [0.05, 0.1) is 42.5 Å². The van der Waals surface area contributed by atoms with Crippen molar-refractivity contribution in [2.24, 2.45) is 0 Å². The van der Waals surface area contributed by atoms with Crippen LogP contribution in [0.5, 0.6) is 17.2 Å². The highest BCUT2D eigenvalue weighted by molar-refractivity contribution is 6.06. The number of aliphatic hydroxyl groups is 3. The molecule has 16 heteroatoms. The van der Waals surface area contributed by atoms with Crippen LogP contribution in [0, 0.1) is 5.82 Å². The molecule has 3 heterocycles. The molecule has 0 unspecified atom stereocenters. The fraction of sp³-hybridized carbons (Fsp3) is 0.380. The van der Waals surface area contributed by atoms with Crippen LogP contribution < -0.4 is 25.5 Å². The van der Waals surface area contributed by atoms with Gasteiger partial charge in [0.25, 0.3) is 5.91 Å². The number of aliphatic hydroxyl groups excluding tert-OH is 3. The van der Waals surface area contributed by atoms with Crippen LogP contribution in [0.3, 0.4) is 0 Å². The van der Waals surface area contributed by atoms with Gasteiger partial charge in [-0.15, -0.1) is 8.78 Å². The van der Waals surface area contributed by atoms with Gasteiger partial charge in [-0.25, -0.2) is 4.39 Å². The molecule has 1 saturated carbocycles. The highest BCUT2D eigenvalue weighted by Gasteiger charge is 2.53. The van der Waals surface area contributed by atoms with E-state index in [0.29, 0.717) is 51.6 Å². The van der Waals surface area contributed by atoms with Gasteiger partial charge in [0.2, 0.25) is 11.3 Å². The summed E-state index contributed by atoms with van der Waals surface area (Å²) in [5, 5.41) is 46.3. The third kappa shape index (κ3) is 9.35. The lowest BCUT2D eigenvalue weighted by molar-refractivity contribution is -0.286. The fourth-order valence-corrected chi connectivity index (χ4v) is 8.19. The van der Waals surface area contributed by atoms with Crippen molar-refractivity contribution in [3.8, 4) is 17.2 Å². The second-order valence-corrected chi connectivity index (χ2v) is 19.7. The Hall–Kier alpha value is -6.36. The van der Waals surface area contributed by atoms with E-state index in [0.717, 1.165) is 11.1 Å². The van der Waals surface area contributed by atoms with Gasteiger partial charge in [-0.3, -0.25) is 14.4 Å². The van der Waals surface area contributed by atoms with Gasteiger partial charge in [0, 0.05) is 51.4 Å². The molecule has 0 radical (unpaired) electrons. The Balaban J connectivity index is 0.000000203. The second kappa shape index (κ2) is 17.1. The smallest absolute Gasteiger partial charge is 0.508 e. The lowest BCUT2D eigenvalue weighted by atomic mass is 9.79. The summed E-state index contributed by atoms with van der Waals surface area (Å²) < 4.78 is 52.6. The summed E-state index contributed by atoms with van der Waals surface area (Å²) in [6.07, 6.45) is -2.54. The maximum Gasteiger partial charge on any atom is 0.586 e. The van der Waals surface area contributed by atoms with Crippen molar-refractivity contribution < 1.29 is 52.7 Å². The van der Waals surface area contributed by atoms with Crippen LogP contribution in [0.1, 0.15) is 101 Å². The number of phenolic OH excluding ortho intramolecular Hbond substituents is 1. The number of aromatic hydroxyl groups is 1. The van der Waals surface area contributed by atoms with E-state index in [9.17, 15) is 43.6 Å². The normalized spacial score (nSPS) is 15.5. The quantitative estimate of drug-likeness (QED) is 0.0706. The van der Waals surface area contributed by atoms with Crippen molar-refractivity contribution in [2.45, 2.75) is 109 Å². The molecule has 1 fully saturated rings. The highest BCUT2D eigenvalue weighted by atomic mass is 19.3. The average molecular weight is 913 g/mol. The molecular weight excluding hydrogens is 858 g/mol. The average Bonchev–Trinajstić information content (AvgIpc) is 3.89. The number of ether oxygens (including phenoxy) is 2. The first-order chi connectivity index (χ1) is 30.8. The van der Waals surface area contributed by atoms with E-state index in [1.807, 2.05) is 53.7 Å². The molecule has 13 nitrogen and oxygen atoms in total. The number of hydrogen-bond donors (Lipinski definition) is 7. The topological polar surface area (TPSA) is 195 Å². The lowest BCUT2D eigenvalue weighted by Crippen LogP contribution is -2.29. The van der Waals surface area contributed by atoms with Crippen LogP contribution in [0.25, 0.3) is 21.8 Å².